The minimum absolute atomic E-state index is 0.131. The van der Waals surface area contributed by atoms with Crippen molar-refractivity contribution in [2.75, 3.05) is 7.11 Å². The molecule has 0 amide bonds. The summed E-state index contributed by atoms with van der Waals surface area (Å²) in [6.45, 7) is 1.82. The maximum absolute atomic E-state index is 11.4. The molecule has 21 heavy (non-hydrogen) atoms. The third kappa shape index (κ3) is 3.61. The van der Waals surface area contributed by atoms with Crippen LogP contribution in [0.3, 0.4) is 0 Å². The summed E-state index contributed by atoms with van der Waals surface area (Å²) in [5.41, 5.74) is 1.73. The molecule has 0 unspecified atom stereocenters. The number of rotatable bonds is 5. The van der Waals surface area contributed by atoms with Gasteiger partial charge in [0.15, 0.2) is 5.78 Å². The van der Waals surface area contributed by atoms with E-state index in [1.807, 2.05) is 30.3 Å². The molecule has 106 valence electrons. The van der Waals surface area contributed by atoms with Crippen LogP contribution >= 0.6 is 0 Å². The summed E-state index contributed by atoms with van der Waals surface area (Å²) in [6, 6.07) is 14.4. The third-order valence-corrected chi connectivity index (χ3v) is 3.06. The Morgan fingerprint density at radius 1 is 1.14 bits per heavy atom. The normalized spacial score (nSPS) is 9.76. The molecule has 0 spiro atoms. The number of Topliss-reactive ketones (excluding diaryl/α,β-unsaturated/α-hetero) is 1. The zero-order chi connectivity index (χ0) is 15.2. The Morgan fingerprint density at radius 2 is 1.81 bits per heavy atom. The molecule has 2 rings (SSSR count). The van der Waals surface area contributed by atoms with Gasteiger partial charge < -0.3 is 9.47 Å². The van der Waals surface area contributed by atoms with Crippen molar-refractivity contribution >= 4 is 5.78 Å². The van der Waals surface area contributed by atoms with Crippen molar-refractivity contribution < 1.29 is 14.3 Å². The fraction of sp³-hybridized carbons (Fsp3) is 0.176. The number of methoxy groups -OCH3 is 1. The third-order valence-electron chi connectivity index (χ3n) is 3.06. The van der Waals surface area contributed by atoms with Gasteiger partial charge in [-0.15, -0.1) is 0 Å². The van der Waals surface area contributed by atoms with E-state index in [0.717, 1.165) is 11.3 Å². The zero-order valence-electron chi connectivity index (χ0n) is 11.9. The Morgan fingerprint density at radius 3 is 2.38 bits per heavy atom. The summed E-state index contributed by atoms with van der Waals surface area (Å²) in [7, 11) is 1.62. The molecule has 2 aromatic rings. The fourth-order valence-electron chi connectivity index (χ4n) is 1.90. The Labute approximate surface area is 123 Å². The van der Waals surface area contributed by atoms with Crippen molar-refractivity contribution in [3.63, 3.8) is 0 Å². The Bertz CT molecular complexity index is 684. The molecule has 0 heterocycles. The lowest BCUT2D eigenvalue weighted by Gasteiger charge is -2.08. The molecular formula is C17H15NO3. The van der Waals surface area contributed by atoms with Crippen molar-refractivity contribution in [2.24, 2.45) is 0 Å². The summed E-state index contributed by atoms with van der Waals surface area (Å²) >= 11 is 0. The number of hydrogen-bond donors (Lipinski definition) is 0. The van der Waals surface area contributed by atoms with Crippen molar-refractivity contribution in [1.29, 1.82) is 5.26 Å². The second-order valence-corrected chi connectivity index (χ2v) is 4.51. The number of ketones is 1. The number of benzene rings is 2. The van der Waals surface area contributed by atoms with Crippen LogP contribution in [0.5, 0.6) is 11.5 Å². The molecule has 0 N–H and O–H groups in total. The van der Waals surface area contributed by atoms with Crippen LogP contribution in [0.4, 0.5) is 0 Å². The molecular weight excluding hydrogens is 266 g/mol. The van der Waals surface area contributed by atoms with E-state index in [1.165, 1.54) is 6.92 Å². The molecule has 0 saturated carbocycles. The van der Waals surface area contributed by atoms with E-state index in [2.05, 4.69) is 0 Å². The van der Waals surface area contributed by atoms with Crippen LogP contribution in [0.2, 0.25) is 0 Å². The van der Waals surface area contributed by atoms with E-state index < -0.39 is 0 Å². The number of nitriles is 1. The summed E-state index contributed by atoms with van der Waals surface area (Å²) in [6.07, 6.45) is 0. The molecule has 0 atom stereocenters. The van der Waals surface area contributed by atoms with Crippen LogP contribution < -0.4 is 9.47 Å². The van der Waals surface area contributed by atoms with E-state index in [0.29, 0.717) is 23.5 Å². The SMILES string of the molecule is COc1ccc(COc2ccc(C(C)=O)c(C#N)c2)cc1. The van der Waals surface area contributed by atoms with Crippen molar-refractivity contribution in [2.45, 2.75) is 13.5 Å². The van der Waals surface area contributed by atoms with Crippen LogP contribution in [0.15, 0.2) is 42.5 Å². The first-order chi connectivity index (χ1) is 10.1. The minimum atomic E-state index is -0.131. The molecule has 0 aliphatic rings. The number of ether oxygens (including phenoxy) is 2. The molecule has 0 aliphatic carbocycles. The van der Waals surface area contributed by atoms with Gasteiger partial charge in [0.1, 0.15) is 24.2 Å². The number of carbonyl (C=O) groups excluding carboxylic acids is 1. The second kappa shape index (κ2) is 6.58. The largest absolute Gasteiger partial charge is 0.497 e. The maximum atomic E-state index is 11.4. The van der Waals surface area contributed by atoms with Crippen molar-refractivity contribution in [3.8, 4) is 17.6 Å². The average Bonchev–Trinajstić information content (AvgIpc) is 2.52. The summed E-state index contributed by atoms with van der Waals surface area (Å²) in [5.74, 6) is 1.22. The predicted molar refractivity (Wildman–Crippen MR) is 78.5 cm³/mol. The van der Waals surface area contributed by atoms with Gasteiger partial charge in [-0.1, -0.05) is 12.1 Å². The van der Waals surface area contributed by atoms with E-state index in [1.54, 1.807) is 25.3 Å². The highest BCUT2D eigenvalue weighted by molar-refractivity contribution is 5.96. The van der Waals surface area contributed by atoms with Gasteiger partial charge in [-0.25, -0.2) is 0 Å². The lowest BCUT2D eigenvalue weighted by molar-refractivity contribution is 0.101. The van der Waals surface area contributed by atoms with E-state index in [9.17, 15) is 4.79 Å². The Hall–Kier alpha value is -2.80. The Balaban J connectivity index is 2.09. The summed E-state index contributed by atoms with van der Waals surface area (Å²) < 4.78 is 10.7. The first kappa shape index (κ1) is 14.6. The van der Waals surface area contributed by atoms with Gasteiger partial charge in [0, 0.05) is 5.56 Å². The van der Waals surface area contributed by atoms with E-state index in [4.69, 9.17) is 14.7 Å². The molecule has 4 nitrogen and oxygen atoms in total. The number of carbonyl (C=O) groups is 1. The van der Waals surface area contributed by atoms with E-state index >= 15 is 0 Å². The quantitative estimate of drug-likeness (QED) is 0.788. The fourth-order valence-corrected chi connectivity index (χ4v) is 1.90. The van der Waals surface area contributed by atoms with Gasteiger partial charge in [0.05, 0.1) is 12.7 Å². The number of nitrogens with zero attached hydrogens (tertiary/aromatic N) is 1. The summed E-state index contributed by atoms with van der Waals surface area (Å²) in [5, 5.41) is 9.06. The molecule has 2 aromatic carbocycles. The first-order valence-corrected chi connectivity index (χ1v) is 6.45. The van der Waals surface area contributed by atoms with Gasteiger partial charge in [-0.3, -0.25) is 4.79 Å². The molecule has 0 fully saturated rings. The minimum Gasteiger partial charge on any atom is -0.497 e. The van der Waals surface area contributed by atoms with E-state index in [-0.39, 0.29) is 5.78 Å². The van der Waals surface area contributed by atoms with Gasteiger partial charge in [0.25, 0.3) is 0 Å². The number of hydrogen-bond acceptors (Lipinski definition) is 4. The van der Waals surface area contributed by atoms with Gasteiger partial charge in [-0.05, 0) is 42.8 Å². The molecule has 0 bridgehead atoms. The summed E-state index contributed by atoms with van der Waals surface area (Å²) in [4.78, 5) is 11.4. The Kier molecular flexibility index (Phi) is 4.57. The van der Waals surface area contributed by atoms with Gasteiger partial charge in [-0.2, -0.15) is 5.26 Å². The van der Waals surface area contributed by atoms with Crippen LogP contribution in [-0.4, -0.2) is 12.9 Å². The van der Waals surface area contributed by atoms with Crippen LogP contribution in [0.1, 0.15) is 28.4 Å². The second-order valence-electron chi connectivity index (χ2n) is 4.51. The maximum Gasteiger partial charge on any atom is 0.161 e. The molecule has 4 heteroatoms. The van der Waals surface area contributed by atoms with Crippen molar-refractivity contribution in [3.05, 3.63) is 59.2 Å². The lowest BCUT2D eigenvalue weighted by Crippen LogP contribution is -1.99. The zero-order valence-corrected chi connectivity index (χ0v) is 11.9. The van der Waals surface area contributed by atoms with Gasteiger partial charge in [0.2, 0.25) is 0 Å². The monoisotopic (exact) mass is 281 g/mol. The topological polar surface area (TPSA) is 59.3 Å². The highest BCUT2D eigenvalue weighted by Gasteiger charge is 2.08. The van der Waals surface area contributed by atoms with Crippen LogP contribution in [0, 0.1) is 11.3 Å². The highest BCUT2D eigenvalue weighted by atomic mass is 16.5. The average molecular weight is 281 g/mol. The standard InChI is InChI=1S/C17H15NO3/c1-12(19)17-8-7-16(9-14(17)10-18)21-11-13-3-5-15(20-2)6-4-13/h3-9H,11H2,1-2H3. The highest BCUT2D eigenvalue weighted by Crippen LogP contribution is 2.20. The molecule has 0 saturated heterocycles. The van der Waals surface area contributed by atoms with Crippen molar-refractivity contribution in [1.82, 2.24) is 0 Å². The predicted octanol–water partition coefficient (Wildman–Crippen LogP) is 3.35. The van der Waals surface area contributed by atoms with Crippen LogP contribution in [-0.2, 0) is 6.61 Å². The molecule has 0 aromatic heterocycles. The van der Waals surface area contributed by atoms with Crippen LogP contribution in [0.25, 0.3) is 0 Å². The smallest absolute Gasteiger partial charge is 0.161 e. The van der Waals surface area contributed by atoms with Gasteiger partial charge >= 0.3 is 0 Å². The molecule has 0 aliphatic heterocycles. The lowest BCUT2D eigenvalue weighted by atomic mass is 10.1. The molecule has 0 radical (unpaired) electrons. The first-order valence-electron chi connectivity index (χ1n) is 6.45.